The third kappa shape index (κ3) is 5.17. The summed E-state index contributed by atoms with van der Waals surface area (Å²) in [6.45, 7) is 4.19. The summed E-state index contributed by atoms with van der Waals surface area (Å²) in [6, 6.07) is 7.25. The van der Waals surface area contributed by atoms with Crippen molar-refractivity contribution < 1.29 is 28.5 Å². The fourth-order valence-corrected chi connectivity index (χ4v) is 3.56. The molecule has 10 heteroatoms. The van der Waals surface area contributed by atoms with Crippen LogP contribution in [0.4, 0.5) is 5.82 Å². The van der Waals surface area contributed by atoms with Gasteiger partial charge in [0.1, 0.15) is 18.1 Å². The van der Waals surface area contributed by atoms with E-state index in [9.17, 15) is 9.59 Å². The van der Waals surface area contributed by atoms with Gasteiger partial charge < -0.3 is 29.2 Å². The van der Waals surface area contributed by atoms with Crippen LogP contribution < -0.4 is 14.8 Å². The van der Waals surface area contributed by atoms with Crippen LogP contribution in [0.1, 0.15) is 37.7 Å². The first-order valence-electron chi connectivity index (χ1n) is 10.3. The zero-order valence-corrected chi connectivity index (χ0v) is 19.4. The number of amides is 1. The Morgan fingerprint density at radius 3 is 2.58 bits per heavy atom. The number of aryl methyl sites for hydroxylation is 1. The zero-order chi connectivity index (χ0) is 24.0. The van der Waals surface area contributed by atoms with Crippen molar-refractivity contribution in [3.8, 4) is 11.5 Å². The monoisotopic (exact) mass is 456 g/mol. The average Bonchev–Trinajstić information content (AvgIpc) is 3.36. The number of H-pyrrole nitrogens is 1. The van der Waals surface area contributed by atoms with E-state index in [-0.39, 0.29) is 12.3 Å². The molecule has 2 heterocycles. The van der Waals surface area contributed by atoms with Crippen LogP contribution in [0.3, 0.4) is 0 Å². The summed E-state index contributed by atoms with van der Waals surface area (Å²) in [5, 5.41) is 7.17. The van der Waals surface area contributed by atoms with Gasteiger partial charge in [0.05, 0.1) is 39.1 Å². The first-order valence-corrected chi connectivity index (χ1v) is 10.3. The molecule has 0 bridgehead atoms. The molecule has 3 aromatic rings. The Kier molecular flexibility index (Phi) is 7.73. The number of nitrogens with one attached hydrogen (secondary N) is 2. The van der Waals surface area contributed by atoms with E-state index in [0.29, 0.717) is 47.3 Å². The minimum Gasteiger partial charge on any atom is -0.493 e. The van der Waals surface area contributed by atoms with E-state index in [1.165, 1.54) is 7.11 Å². The van der Waals surface area contributed by atoms with Crippen molar-refractivity contribution in [3.63, 3.8) is 0 Å². The number of esters is 1. The van der Waals surface area contributed by atoms with Gasteiger partial charge in [-0.05, 0) is 25.5 Å². The molecule has 0 fully saturated rings. The van der Waals surface area contributed by atoms with Crippen LogP contribution in [0, 0.1) is 13.8 Å². The Hall–Kier alpha value is -3.79. The fraction of sp³-hybridized carbons (Fsp3) is 0.348. The summed E-state index contributed by atoms with van der Waals surface area (Å²) < 4.78 is 22.6. The van der Waals surface area contributed by atoms with Gasteiger partial charge in [-0.3, -0.25) is 4.79 Å². The highest BCUT2D eigenvalue weighted by atomic mass is 16.6. The second-order valence-corrected chi connectivity index (χ2v) is 7.23. The highest BCUT2D eigenvalue weighted by Crippen LogP contribution is 2.31. The Bertz CT molecular complexity index is 1130. The quantitative estimate of drug-likeness (QED) is 0.356. The molecule has 0 saturated carbocycles. The number of carbonyl (C=O) groups excluding carboxylic acids is 2. The number of aromatic amines is 1. The SMILES string of the molecule is COCCOC(=O)c1c(C)[nH]c(C(=O)Nc2ccnn2Cc2cccc(OC)c2OC)c1C. The number of aromatic nitrogens is 3. The average molecular weight is 456 g/mol. The van der Waals surface area contributed by atoms with Crippen LogP contribution in [-0.4, -0.2) is 61.2 Å². The van der Waals surface area contributed by atoms with Crippen molar-refractivity contribution in [2.75, 3.05) is 39.9 Å². The van der Waals surface area contributed by atoms with E-state index in [1.807, 2.05) is 18.2 Å². The molecule has 0 spiro atoms. The van der Waals surface area contributed by atoms with Crippen molar-refractivity contribution in [3.05, 3.63) is 58.5 Å². The number of hydrogen-bond acceptors (Lipinski definition) is 7. The molecule has 0 saturated heterocycles. The van der Waals surface area contributed by atoms with Crippen LogP contribution in [0.15, 0.2) is 30.5 Å². The Labute approximate surface area is 191 Å². The molecule has 2 N–H and O–H groups in total. The van der Waals surface area contributed by atoms with E-state index in [2.05, 4.69) is 15.4 Å². The number of para-hydroxylation sites is 1. The minimum atomic E-state index is -0.507. The van der Waals surface area contributed by atoms with Crippen LogP contribution in [-0.2, 0) is 16.0 Å². The van der Waals surface area contributed by atoms with E-state index in [1.54, 1.807) is 45.0 Å². The fourth-order valence-electron chi connectivity index (χ4n) is 3.56. The summed E-state index contributed by atoms with van der Waals surface area (Å²) >= 11 is 0. The number of anilines is 1. The summed E-state index contributed by atoms with van der Waals surface area (Å²) in [4.78, 5) is 28.4. The molecule has 33 heavy (non-hydrogen) atoms. The topological polar surface area (TPSA) is 117 Å². The lowest BCUT2D eigenvalue weighted by Crippen LogP contribution is -2.18. The lowest BCUT2D eigenvalue weighted by molar-refractivity contribution is 0.0386. The van der Waals surface area contributed by atoms with Crippen molar-refractivity contribution in [1.82, 2.24) is 14.8 Å². The molecule has 2 aromatic heterocycles. The normalized spacial score (nSPS) is 10.7. The summed E-state index contributed by atoms with van der Waals surface area (Å²) in [6.07, 6.45) is 1.59. The molecule has 1 amide bonds. The van der Waals surface area contributed by atoms with Gasteiger partial charge in [0.15, 0.2) is 11.5 Å². The maximum Gasteiger partial charge on any atom is 0.340 e. The number of hydrogen-bond donors (Lipinski definition) is 2. The third-order valence-corrected chi connectivity index (χ3v) is 5.15. The Morgan fingerprint density at radius 2 is 1.88 bits per heavy atom. The number of benzene rings is 1. The molecule has 176 valence electrons. The highest BCUT2D eigenvalue weighted by molar-refractivity contribution is 6.06. The van der Waals surface area contributed by atoms with Gasteiger partial charge >= 0.3 is 5.97 Å². The second kappa shape index (κ2) is 10.7. The first-order chi connectivity index (χ1) is 15.9. The van der Waals surface area contributed by atoms with Crippen molar-refractivity contribution in [2.24, 2.45) is 0 Å². The lowest BCUT2D eigenvalue weighted by atomic mass is 10.1. The number of methoxy groups -OCH3 is 3. The van der Waals surface area contributed by atoms with Crippen LogP contribution in [0.5, 0.6) is 11.5 Å². The Balaban J connectivity index is 1.79. The molecule has 1 aromatic carbocycles. The van der Waals surface area contributed by atoms with E-state index in [0.717, 1.165) is 5.56 Å². The van der Waals surface area contributed by atoms with Gasteiger partial charge in [-0.15, -0.1) is 0 Å². The largest absolute Gasteiger partial charge is 0.493 e. The molecular formula is C23H28N4O6. The molecule has 0 atom stereocenters. The molecule has 3 rings (SSSR count). The summed E-state index contributed by atoms with van der Waals surface area (Å²) in [7, 11) is 4.67. The number of carbonyl (C=O) groups is 2. The van der Waals surface area contributed by atoms with E-state index >= 15 is 0 Å². The van der Waals surface area contributed by atoms with Gasteiger partial charge in [-0.25, -0.2) is 9.48 Å². The van der Waals surface area contributed by atoms with Gasteiger partial charge in [0.25, 0.3) is 5.91 Å². The van der Waals surface area contributed by atoms with Crippen LogP contribution in [0.25, 0.3) is 0 Å². The molecule has 0 aliphatic heterocycles. The molecule has 10 nitrogen and oxygen atoms in total. The molecule has 0 aliphatic rings. The summed E-state index contributed by atoms with van der Waals surface area (Å²) in [5.74, 6) is 0.787. The third-order valence-electron chi connectivity index (χ3n) is 5.15. The number of nitrogens with zero attached hydrogens (tertiary/aromatic N) is 2. The maximum atomic E-state index is 13.0. The highest BCUT2D eigenvalue weighted by Gasteiger charge is 2.24. The number of ether oxygens (including phenoxy) is 4. The van der Waals surface area contributed by atoms with Gasteiger partial charge in [-0.2, -0.15) is 5.10 Å². The molecular weight excluding hydrogens is 428 g/mol. The van der Waals surface area contributed by atoms with Gasteiger partial charge in [-0.1, -0.05) is 12.1 Å². The van der Waals surface area contributed by atoms with Crippen molar-refractivity contribution in [1.29, 1.82) is 0 Å². The van der Waals surface area contributed by atoms with Crippen molar-refractivity contribution in [2.45, 2.75) is 20.4 Å². The van der Waals surface area contributed by atoms with Crippen molar-refractivity contribution >= 4 is 17.7 Å². The van der Waals surface area contributed by atoms with Gasteiger partial charge in [0.2, 0.25) is 0 Å². The predicted molar refractivity (Wildman–Crippen MR) is 121 cm³/mol. The maximum absolute atomic E-state index is 13.0. The van der Waals surface area contributed by atoms with E-state index < -0.39 is 11.9 Å². The first kappa shape index (κ1) is 23.9. The standard InChI is InChI=1S/C23H28N4O6/c1-14-19(23(29)33-12-11-30-3)15(2)25-20(14)22(28)26-18-9-10-24-27(18)13-16-7-6-8-17(31-4)21(16)32-5/h6-10,25H,11-13H2,1-5H3,(H,26,28). The molecule has 0 radical (unpaired) electrons. The second-order valence-electron chi connectivity index (χ2n) is 7.23. The summed E-state index contributed by atoms with van der Waals surface area (Å²) in [5.41, 5.74) is 2.51. The zero-order valence-electron chi connectivity index (χ0n) is 19.4. The van der Waals surface area contributed by atoms with Crippen LogP contribution in [0.2, 0.25) is 0 Å². The number of rotatable bonds is 10. The Morgan fingerprint density at radius 1 is 1.09 bits per heavy atom. The van der Waals surface area contributed by atoms with E-state index in [4.69, 9.17) is 18.9 Å². The minimum absolute atomic E-state index is 0.133. The lowest BCUT2D eigenvalue weighted by Gasteiger charge is -2.14. The van der Waals surface area contributed by atoms with Crippen LogP contribution >= 0.6 is 0 Å². The van der Waals surface area contributed by atoms with Gasteiger partial charge in [0, 0.05) is 24.4 Å². The predicted octanol–water partition coefficient (Wildman–Crippen LogP) is 2.95. The smallest absolute Gasteiger partial charge is 0.340 e. The molecule has 0 aliphatic carbocycles. The molecule has 0 unspecified atom stereocenters.